The first kappa shape index (κ1) is 22.1. The van der Waals surface area contributed by atoms with Crippen LogP contribution in [0.15, 0.2) is 59.5 Å². The van der Waals surface area contributed by atoms with Crippen molar-refractivity contribution in [2.24, 2.45) is 0 Å². The first-order chi connectivity index (χ1) is 14.4. The van der Waals surface area contributed by atoms with Crippen molar-refractivity contribution in [1.29, 1.82) is 0 Å². The molecule has 0 saturated heterocycles. The molecule has 0 saturated carbocycles. The lowest BCUT2D eigenvalue weighted by Crippen LogP contribution is -2.24. The van der Waals surface area contributed by atoms with Crippen LogP contribution < -0.4 is 10.0 Å². The molecule has 158 valence electrons. The monoisotopic (exact) mass is 443 g/mol. The van der Waals surface area contributed by atoms with E-state index in [1.165, 1.54) is 23.5 Å². The minimum atomic E-state index is -3.61. The van der Waals surface area contributed by atoms with Crippen LogP contribution in [0.2, 0.25) is 0 Å². The van der Waals surface area contributed by atoms with Crippen LogP contribution in [0.25, 0.3) is 0 Å². The van der Waals surface area contributed by atoms with E-state index < -0.39 is 10.0 Å². The van der Waals surface area contributed by atoms with Crippen LogP contribution >= 0.6 is 11.3 Å². The van der Waals surface area contributed by atoms with Crippen LogP contribution in [-0.4, -0.2) is 25.9 Å². The second-order valence-corrected chi connectivity index (χ2v) is 9.77. The highest BCUT2D eigenvalue weighted by Crippen LogP contribution is 2.23. The Morgan fingerprint density at radius 2 is 1.87 bits per heavy atom. The molecule has 30 heavy (non-hydrogen) atoms. The van der Waals surface area contributed by atoms with Gasteiger partial charge in [0, 0.05) is 18.7 Å². The maximum Gasteiger partial charge on any atom is 0.267 e. The predicted molar refractivity (Wildman–Crippen MR) is 121 cm³/mol. The number of rotatable bonds is 9. The van der Waals surface area contributed by atoms with Gasteiger partial charge in [-0.1, -0.05) is 49.7 Å². The molecule has 0 aliphatic heterocycles. The average molecular weight is 444 g/mol. The van der Waals surface area contributed by atoms with Crippen molar-refractivity contribution in [2.75, 3.05) is 11.9 Å². The number of nitrogens with one attached hydrogen (secondary N) is 2. The third-order valence-electron chi connectivity index (χ3n) is 4.47. The lowest BCUT2D eigenvalue weighted by Gasteiger charge is -2.09. The summed E-state index contributed by atoms with van der Waals surface area (Å²) >= 11 is 1.35. The van der Waals surface area contributed by atoms with Gasteiger partial charge in [-0.25, -0.2) is 18.1 Å². The number of benzene rings is 2. The molecule has 0 aliphatic rings. The highest BCUT2D eigenvalue weighted by atomic mass is 32.2. The van der Waals surface area contributed by atoms with Gasteiger partial charge in [-0.15, -0.1) is 11.3 Å². The van der Waals surface area contributed by atoms with Gasteiger partial charge in [0.25, 0.3) is 5.91 Å². The average Bonchev–Trinajstić information content (AvgIpc) is 3.09. The number of amides is 1. The number of carbonyl (C=O) groups excluding carboxylic acids is 1. The highest BCUT2D eigenvalue weighted by molar-refractivity contribution is 7.89. The van der Waals surface area contributed by atoms with E-state index in [4.69, 9.17) is 0 Å². The van der Waals surface area contributed by atoms with Crippen molar-refractivity contribution in [1.82, 2.24) is 9.71 Å². The number of carbonyl (C=O) groups is 1. The minimum Gasteiger partial charge on any atom is -0.321 e. The van der Waals surface area contributed by atoms with Crippen molar-refractivity contribution < 1.29 is 13.2 Å². The van der Waals surface area contributed by atoms with E-state index >= 15 is 0 Å². The highest BCUT2D eigenvalue weighted by Gasteiger charge is 2.18. The van der Waals surface area contributed by atoms with Gasteiger partial charge < -0.3 is 5.32 Å². The van der Waals surface area contributed by atoms with E-state index in [1.54, 1.807) is 19.1 Å². The van der Waals surface area contributed by atoms with E-state index in [9.17, 15) is 13.2 Å². The van der Waals surface area contributed by atoms with Crippen molar-refractivity contribution in [3.05, 3.63) is 75.7 Å². The quantitative estimate of drug-likeness (QED) is 0.481. The van der Waals surface area contributed by atoms with Gasteiger partial charge in [0.1, 0.15) is 4.88 Å². The molecule has 0 radical (unpaired) electrons. The summed E-state index contributed by atoms with van der Waals surface area (Å²) in [6.45, 7) is 4.19. The molecule has 2 aromatic carbocycles. The zero-order valence-corrected chi connectivity index (χ0v) is 18.6. The van der Waals surface area contributed by atoms with Crippen molar-refractivity contribution in [3.63, 3.8) is 0 Å². The number of thiazole rings is 1. The van der Waals surface area contributed by atoms with E-state index in [1.807, 2.05) is 37.3 Å². The molecule has 2 N–H and O–H groups in total. The summed E-state index contributed by atoms with van der Waals surface area (Å²) in [7, 11) is -3.61. The molecule has 0 spiro atoms. The molecule has 0 fully saturated rings. The van der Waals surface area contributed by atoms with Crippen LogP contribution in [0, 0.1) is 6.92 Å². The lowest BCUT2D eigenvalue weighted by atomic mass is 10.2. The summed E-state index contributed by atoms with van der Waals surface area (Å²) in [6, 6.07) is 16.2. The standard InChI is InChI=1S/C22H25N3O3S2/c1-3-4-13-23-30(27,28)19-12-8-11-18(15-19)25-22(26)21-16(2)24-20(29-21)14-17-9-6-5-7-10-17/h5-12,15,23H,3-4,13-14H2,1-2H3,(H,25,26). The van der Waals surface area contributed by atoms with Crippen molar-refractivity contribution >= 4 is 33.0 Å². The summed E-state index contributed by atoms with van der Waals surface area (Å²) in [4.78, 5) is 17.9. The fourth-order valence-electron chi connectivity index (χ4n) is 2.90. The predicted octanol–water partition coefficient (Wildman–Crippen LogP) is 4.37. The Morgan fingerprint density at radius 1 is 1.10 bits per heavy atom. The van der Waals surface area contributed by atoms with Crippen molar-refractivity contribution in [2.45, 2.75) is 38.0 Å². The normalized spacial score (nSPS) is 11.4. The van der Waals surface area contributed by atoms with Crippen LogP contribution in [0.1, 0.15) is 45.7 Å². The largest absolute Gasteiger partial charge is 0.321 e. The fourth-order valence-corrected chi connectivity index (χ4v) is 5.02. The topological polar surface area (TPSA) is 88.2 Å². The van der Waals surface area contributed by atoms with Gasteiger partial charge in [0.05, 0.1) is 15.6 Å². The molecule has 3 aromatic rings. The minimum absolute atomic E-state index is 0.127. The molecule has 0 aliphatic carbocycles. The number of hydrogen-bond acceptors (Lipinski definition) is 5. The van der Waals surface area contributed by atoms with Crippen LogP contribution in [0.5, 0.6) is 0 Å². The third kappa shape index (κ3) is 5.75. The molecular weight excluding hydrogens is 418 g/mol. The fraction of sp³-hybridized carbons (Fsp3) is 0.273. The summed E-state index contributed by atoms with van der Waals surface area (Å²) in [5, 5.41) is 3.66. The Balaban J connectivity index is 1.72. The molecule has 0 atom stereocenters. The first-order valence-corrected chi connectivity index (χ1v) is 12.1. The molecule has 0 bridgehead atoms. The van der Waals surface area contributed by atoms with E-state index in [0.29, 0.717) is 29.2 Å². The van der Waals surface area contributed by atoms with Gasteiger partial charge in [-0.2, -0.15) is 0 Å². The Kier molecular flexibility index (Phi) is 7.36. The Bertz CT molecular complexity index is 1110. The van der Waals surface area contributed by atoms with E-state index in [0.717, 1.165) is 23.4 Å². The molecule has 1 heterocycles. The smallest absolute Gasteiger partial charge is 0.267 e. The van der Waals surface area contributed by atoms with Gasteiger partial charge >= 0.3 is 0 Å². The maximum absolute atomic E-state index is 12.8. The van der Waals surface area contributed by atoms with Crippen molar-refractivity contribution in [3.8, 4) is 0 Å². The number of aromatic nitrogens is 1. The molecule has 6 nitrogen and oxygen atoms in total. The second-order valence-electron chi connectivity index (χ2n) is 6.92. The number of unbranched alkanes of at least 4 members (excludes halogenated alkanes) is 1. The molecule has 3 rings (SSSR count). The summed E-state index contributed by atoms with van der Waals surface area (Å²) in [6.07, 6.45) is 2.33. The molecule has 1 amide bonds. The van der Waals surface area contributed by atoms with Gasteiger partial charge in [-0.3, -0.25) is 4.79 Å². The molecule has 0 unspecified atom stereocenters. The van der Waals surface area contributed by atoms with Crippen LogP contribution in [0.3, 0.4) is 0 Å². The Morgan fingerprint density at radius 3 is 2.60 bits per heavy atom. The summed E-state index contributed by atoms with van der Waals surface area (Å²) in [5.41, 5.74) is 2.22. The van der Waals surface area contributed by atoms with Crippen LogP contribution in [0.4, 0.5) is 5.69 Å². The van der Waals surface area contributed by atoms with Crippen LogP contribution in [-0.2, 0) is 16.4 Å². The molecule has 8 heteroatoms. The second kappa shape index (κ2) is 9.97. The Hall–Kier alpha value is -2.55. The number of sulfonamides is 1. The number of aryl methyl sites for hydroxylation is 1. The molecular formula is C22H25N3O3S2. The maximum atomic E-state index is 12.8. The number of hydrogen-bond donors (Lipinski definition) is 2. The van der Waals surface area contributed by atoms with E-state index in [-0.39, 0.29) is 10.8 Å². The number of nitrogens with zero attached hydrogens (tertiary/aromatic N) is 1. The van der Waals surface area contributed by atoms with Gasteiger partial charge in [0.15, 0.2) is 0 Å². The van der Waals surface area contributed by atoms with E-state index in [2.05, 4.69) is 15.0 Å². The lowest BCUT2D eigenvalue weighted by molar-refractivity contribution is 0.102. The zero-order chi connectivity index (χ0) is 21.6. The number of anilines is 1. The van der Waals surface area contributed by atoms with Gasteiger partial charge in [-0.05, 0) is 37.1 Å². The SMILES string of the molecule is CCCCNS(=O)(=O)c1cccc(NC(=O)c2sc(Cc3ccccc3)nc2C)c1. The van der Waals surface area contributed by atoms with Gasteiger partial charge in [0.2, 0.25) is 10.0 Å². The summed E-state index contributed by atoms with van der Waals surface area (Å²) in [5.74, 6) is -0.294. The summed E-state index contributed by atoms with van der Waals surface area (Å²) < 4.78 is 27.4. The Labute approximate surface area is 181 Å². The first-order valence-electron chi connectivity index (χ1n) is 9.80. The molecule has 1 aromatic heterocycles. The zero-order valence-electron chi connectivity index (χ0n) is 17.0. The third-order valence-corrected chi connectivity index (χ3v) is 7.08.